The summed E-state index contributed by atoms with van der Waals surface area (Å²) in [6.45, 7) is -0.445. The van der Waals surface area contributed by atoms with Crippen LogP contribution in [0.2, 0.25) is 0 Å². The Kier molecular flexibility index (Phi) is 3.54. The largest absolute Gasteiger partial charge is 0.743 e. The van der Waals surface area contributed by atoms with Crippen molar-refractivity contribution in [3.63, 3.8) is 0 Å². The zero-order valence-corrected chi connectivity index (χ0v) is 12.8. The van der Waals surface area contributed by atoms with E-state index in [2.05, 4.69) is 4.74 Å². The molecule has 4 saturated carbocycles. The minimum atomic E-state index is -6.70. The molecule has 2 atom stereocenters. The van der Waals surface area contributed by atoms with Gasteiger partial charge in [0.25, 0.3) is 0 Å². The smallest absolute Gasteiger partial charge is 0.418 e. The van der Waals surface area contributed by atoms with Crippen LogP contribution in [0.1, 0.15) is 32.1 Å². The van der Waals surface area contributed by atoms with Crippen LogP contribution in [0.25, 0.3) is 0 Å². The highest BCUT2D eigenvalue weighted by Crippen LogP contribution is 2.64. The Balaban J connectivity index is 1.68. The molecule has 4 fully saturated rings. The van der Waals surface area contributed by atoms with Gasteiger partial charge in [-0.05, 0) is 49.9 Å². The van der Waals surface area contributed by atoms with E-state index in [1.807, 2.05) is 0 Å². The number of hydrogen-bond acceptors (Lipinski definition) is 5. The van der Waals surface area contributed by atoms with Crippen molar-refractivity contribution >= 4 is 16.1 Å². The van der Waals surface area contributed by atoms with Crippen molar-refractivity contribution in [2.75, 3.05) is 6.61 Å². The van der Waals surface area contributed by atoms with E-state index in [9.17, 15) is 35.3 Å². The van der Waals surface area contributed by atoms with Crippen LogP contribution in [-0.2, 0) is 19.6 Å². The summed E-state index contributed by atoms with van der Waals surface area (Å²) in [7, 11) is -6.70. The minimum Gasteiger partial charge on any atom is -0.743 e. The summed E-state index contributed by atoms with van der Waals surface area (Å²) >= 11 is 0. The van der Waals surface area contributed by atoms with Gasteiger partial charge in [0.05, 0.1) is 6.61 Å². The lowest BCUT2D eigenvalue weighted by Crippen LogP contribution is -2.53. The zero-order chi connectivity index (χ0) is 17.3. The number of rotatable bonds is 5. The fraction of sp³-hybridized carbons (Fsp3) is 0.923. The minimum absolute atomic E-state index is 0.440. The quantitative estimate of drug-likeness (QED) is 0.427. The molecule has 0 aromatic carbocycles. The lowest BCUT2D eigenvalue weighted by molar-refractivity contribution is -0.208. The molecule has 4 aliphatic rings. The molecule has 4 aliphatic carbocycles. The van der Waals surface area contributed by atoms with Gasteiger partial charge in [-0.1, -0.05) is 0 Å². The molecule has 132 valence electrons. The Morgan fingerprint density at radius 1 is 1.13 bits per heavy atom. The third-order valence-corrected chi connectivity index (χ3v) is 6.38. The van der Waals surface area contributed by atoms with Crippen molar-refractivity contribution in [1.82, 2.24) is 0 Å². The monoisotopic (exact) mass is 359 g/mol. The number of esters is 1. The van der Waals surface area contributed by atoms with Gasteiger partial charge in [0.15, 0.2) is 10.1 Å². The molecule has 10 heteroatoms. The zero-order valence-electron chi connectivity index (χ0n) is 11.9. The van der Waals surface area contributed by atoms with E-state index in [1.165, 1.54) is 0 Å². The maximum atomic E-state index is 13.4. The SMILES string of the molecule is O=C(OCC12CC3CC(C1)C(C3)C2)C(F)(F)C(F)(F)S(=O)(=O)[O-]. The fourth-order valence-electron chi connectivity index (χ4n) is 4.74. The lowest BCUT2D eigenvalue weighted by atomic mass is 9.70. The molecule has 23 heavy (non-hydrogen) atoms. The van der Waals surface area contributed by atoms with Gasteiger partial charge in [-0.2, -0.15) is 17.6 Å². The molecule has 4 rings (SSSR count). The second kappa shape index (κ2) is 4.81. The summed E-state index contributed by atoms with van der Waals surface area (Å²) in [5.41, 5.74) is -0.478. The van der Waals surface area contributed by atoms with Crippen molar-refractivity contribution in [3.05, 3.63) is 0 Å². The summed E-state index contributed by atoms with van der Waals surface area (Å²) in [5, 5.41) is -6.04. The molecule has 5 nitrogen and oxygen atoms in total. The van der Waals surface area contributed by atoms with E-state index >= 15 is 0 Å². The van der Waals surface area contributed by atoms with Crippen LogP contribution in [0.15, 0.2) is 0 Å². The first-order chi connectivity index (χ1) is 10.4. The van der Waals surface area contributed by atoms with Gasteiger partial charge < -0.3 is 9.29 Å². The highest BCUT2D eigenvalue weighted by atomic mass is 32.2. The van der Waals surface area contributed by atoms with Crippen molar-refractivity contribution in [3.8, 4) is 0 Å². The molecule has 0 aromatic heterocycles. The van der Waals surface area contributed by atoms with Crippen molar-refractivity contribution in [2.24, 2.45) is 23.2 Å². The van der Waals surface area contributed by atoms with E-state index in [1.54, 1.807) is 0 Å². The first-order valence-electron chi connectivity index (χ1n) is 7.26. The van der Waals surface area contributed by atoms with Gasteiger partial charge in [-0.3, -0.25) is 0 Å². The average molecular weight is 359 g/mol. The summed E-state index contributed by atoms with van der Waals surface area (Å²) in [5.74, 6) is -7.03. The van der Waals surface area contributed by atoms with Gasteiger partial charge in [-0.15, -0.1) is 0 Å². The summed E-state index contributed by atoms with van der Waals surface area (Å²) in [6.07, 6.45) is 4.20. The highest BCUT2D eigenvalue weighted by Gasteiger charge is 2.68. The Hall–Kier alpha value is -0.900. The fourth-order valence-corrected chi connectivity index (χ4v) is 5.14. The molecule has 0 aliphatic heterocycles. The lowest BCUT2D eigenvalue weighted by Gasteiger charge is -2.38. The van der Waals surface area contributed by atoms with Crippen LogP contribution in [0.3, 0.4) is 0 Å². The van der Waals surface area contributed by atoms with Crippen molar-refractivity contribution in [1.29, 1.82) is 0 Å². The summed E-state index contributed by atoms with van der Waals surface area (Å²) in [6, 6.07) is 0. The summed E-state index contributed by atoms with van der Waals surface area (Å²) < 4.78 is 88.0. The molecule has 4 bridgehead atoms. The maximum Gasteiger partial charge on any atom is 0.418 e. The van der Waals surface area contributed by atoms with Crippen molar-refractivity contribution < 1.29 is 40.1 Å². The first kappa shape index (κ1) is 16.9. The number of ether oxygens (including phenoxy) is 1. The standard InChI is InChI=1S/C13H16F4O5S/c14-12(15,13(16,17)23(19,20)21)10(18)22-6-11-3-7-1-8(4-11)9(2-7)5-11/h7-9H,1-6H2,(H,19,20,21)/p-1. The number of alkyl halides is 4. The molecule has 0 heterocycles. The molecule has 0 spiro atoms. The third-order valence-electron chi connectivity index (χ3n) is 5.50. The van der Waals surface area contributed by atoms with Crippen LogP contribution >= 0.6 is 0 Å². The summed E-state index contributed by atoms with van der Waals surface area (Å²) in [4.78, 5) is 11.3. The highest BCUT2D eigenvalue weighted by molar-refractivity contribution is 7.86. The molecule has 0 saturated heterocycles. The Bertz CT molecular complexity index is 613. The second-order valence-corrected chi connectivity index (χ2v) is 8.51. The molecule has 0 radical (unpaired) electrons. The number of carbonyl (C=O) groups is 1. The van der Waals surface area contributed by atoms with Crippen LogP contribution < -0.4 is 0 Å². The first-order valence-corrected chi connectivity index (χ1v) is 8.67. The predicted molar refractivity (Wildman–Crippen MR) is 66.5 cm³/mol. The Labute approximate surface area is 130 Å². The van der Waals surface area contributed by atoms with E-state index < -0.39 is 39.3 Å². The molecule has 0 amide bonds. The van der Waals surface area contributed by atoms with Gasteiger partial charge in [0, 0.05) is 5.41 Å². The number of carbonyl (C=O) groups excluding carboxylic acids is 1. The average Bonchev–Trinajstić information content (AvgIpc) is 2.82. The molecule has 0 aromatic rings. The molecular weight excluding hydrogens is 344 g/mol. The maximum absolute atomic E-state index is 13.4. The number of halogens is 4. The van der Waals surface area contributed by atoms with Crippen LogP contribution in [0, 0.1) is 23.2 Å². The van der Waals surface area contributed by atoms with E-state index in [4.69, 9.17) is 0 Å². The Morgan fingerprint density at radius 3 is 2.09 bits per heavy atom. The number of hydrogen-bond donors (Lipinski definition) is 0. The van der Waals surface area contributed by atoms with E-state index in [0.717, 1.165) is 12.8 Å². The van der Waals surface area contributed by atoms with Gasteiger partial charge >= 0.3 is 17.1 Å². The molecular formula is C13H15F4O5S-. The molecule has 0 N–H and O–H groups in total. The van der Waals surface area contributed by atoms with Gasteiger partial charge in [0.1, 0.15) is 0 Å². The predicted octanol–water partition coefficient (Wildman–Crippen LogP) is 2.13. The van der Waals surface area contributed by atoms with E-state index in [-0.39, 0.29) is 0 Å². The van der Waals surface area contributed by atoms with Crippen LogP contribution in [-0.4, -0.2) is 36.7 Å². The Morgan fingerprint density at radius 2 is 1.65 bits per heavy atom. The normalized spacial score (nSPS) is 36.5. The van der Waals surface area contributed by atoms with Crippen molar-refractivity contribution in [2.45, 2.75) is 43.3 Å². The van der Waals surface area contributed by atoms with Gasteiger partial charge in [0.2, 0.25) is 0 Å². The van der Waals surface area contributed by atoms with Gasteiger partial charge in [-0.25, -0.2) is 13.2 Å². The third kappa shape index (κ3) is 2.45. The van der Waals surface area contributed by atoms with Crippen LogP contribution in [0.4, 0.5) is 17.6 Å². The molecule has 2 unspecified atom stereocenters. The topological polar surface area (TPSA) is 83.5 Å². The second-order valence-electron chi connectivity index (χ2n) is 7.09. The van der Waals surface area contributed by atoms with Crippen LogP contribution in [0.5, 0.6) is 0 Å². The van der Waals surface area contributed by atoms with E-state index in [0.29, 0.717) is 37.0 Å².